The zero-order valence-corrected chi connectivity index (χ0v) is 18.5. The number of hydrogen-bond acceptors (Lipinski definition) is 8. The summed E-state index contributed by atoms with van der Waals surface area (Å²) in [6.45, 7) is 0.635. The first kappa shape index (κ1) is 22.4. The van der Waals surface area contributed by atoms with Gasteiger partial charge in [0.1, 0.15) is 5.75 Å². The maximum Gasteiger partial charge on any atom is 0.253 e. The standard InChI is InChI=1S/C21H26N4O6S/c26-19-9-4-10-20(27)25(19)12-13-32(28,29)24-11-5-6-16(14-24)21-23-22-18(31-21)15-30-17-7-2-1-3-8-17/h1-3,7-8,16H,4-6,9-15H2. The molecule has 2 aromatic rings. The van der Waals surface area contributed by atoms with Crippen molar-refractivity contribution in [1.82, 2.24) is 19.4 Å². The molecule has 1 atom stereocenters. The summed E-state index contributed by atoms with van der Waals surface area (Å²) < 4.78 is 38.5. The van der Waals surface area contributed by atoms with Crippen molar-refractivity contribution in [2.45, 2.75) is 44.6 Å². The lowest BCUT2D eigenvalue weighted by atomic mass is 10.00. The third-order valence-electron chi connectivity index (χ3n) is 5.67. The van der Waals surface area contributed by atoms with Crippen molar-refractivity contribution in [3.05, 3.63) is 42.1 Å². The van der Waals surface area contributed by atoms with Crippen LogP contribution in [0.5, 0.6) is 5.75 Å². The first-order chi connectivity index (χ1) is 15.4. The molecule has 2 fully saturated rings. The zero-order valence-electron chi connectivity index (χ0n) is 17.7. The van der Waals surface area contributed by atoms with Gasteiger partial charge in [-0.3, -0.25) is 14.5 Å². The number of amides is 2. The minimum Gasteiger partial charge on any atom is -0.484 e. The number of imide groups is 1. The fourth-order valence-corrected chi connectivity index (χ4v) is 5.42. The lowest BCUT2D eigenvalue weighted by Gasteiger charge is -2.31. The second kappa shape index (κ2) is 9.78. The van der Waals surface area contributed by atoms with Crippen molar-refractivity contribution in [1.29, 1.82) is 0 Å². The molecule has 1 unspecified atom stereocenters. The Bertz CT molecular complexity index is 1040. The number of rotatable bonds is 8. The molecular formula is C21H26N4O6S. The van der Waals surface area contributed by atoms with E-state index in [0.717, 1.165) is 11.3 Å². The molecular weight excluding hydrogens is 436 g/mol. The maximum absolute atomic E-state index is 12.9. The van der Waals surface area contributed by atoms with Crippen LogP contribution in [0.25, 0.3) is 0 Å². The van der Waals surface area contributed by atoms with Gasteiger partial charge in [0, 0.05) is 32.5 Å². The third kappa shape index (κ3) is 5.33. The summed E-state index contributed by atoms with van der Waals surface area (Å²) >= 11 is 0. The van der Waals surface area contributed by atoms with Crippen LogP contribution in [-0.2, 0) is 26.2 Å². The molecule has 0 spiro atoms. The summed E-state index contributed by atoms with van der Waals surface area (Å²) in [5.74, 6) is 0.302. The van der Waals surface area contributed by atoms with Crippen molar-refractivity contribution < 1.29 is 27.2 Å². The first-order valence-corrected chi connectivity index (χ1v) is 12.3. The fraction of sp³-hybridized carbons (Fsp3) is 0.524. The highest BCUT2D eigenvalue weighted by Gasteiger charge is 2.34. The van der Waals surface area contributed by atoms with Gasteiger partial charge in [-0.25, -0.2) is 12.7 Å². The van der Waals surface area contributed by atoms with Crippen LogP contribution in [0.1, 0.15) is 49.8 Å². The molecule has 4 rings (SSSR count). The van der Waals surface area contributed by atoms with Crippen LogP contribution in [0.4, 0.5) is 0 Å². The van der Waals surface area contributed by atoms with Gasteiger partial charge in [-0.1, -0.05) is 18.2 Å². The van der Waals surface area contributed by atoms with Gasteiger partial charge in [0.15, 0.2) is 6.61 Å². The molecule has 0 bridgehead atoms. The molecule has 1 aromatic carbocycles. The number of benzene rings is 1. The van der Waals surface area contributed by atoms with Gasteiger partial charge in [0.05, 0.1) is 11.7 Å². The van der Waals surface area contributed by atoms with Crippen molar-refractivity contribution in [2.24, 2.45) is 0 Å². The van der Waals surface area contributed by atoms with E-state index < -0.39 is 10.0 Å². The number of sulfonamides is 1. The summed E-state index contributed by atoms with van der Waals surface area (Å²) in [4.78, 5) is 24.9. The highest BCUT2D eigenvalue weighted by atomic mass is 32.2. The number of ether oxygens (including phenoxy) is 1. The highest BCUT2D eigenvalue weighted by Crippen LogP contribution is 2.28. The van der Waals surface area contributed by atoms with E-state index in [1.54, 1.807) is 0 Å². The van der Waals surface area contributed by atoms with E-state index in [4.69, 9.17) is 9.15 Å². The van der Waals surface area contributed by atoms with Crippen LogP contribution in [0.3, 0.4) is 0 Å². The van der Waals surface area contributed by atoms with Crippen LogP contribution in [-0.4, -0.2) is 65.0 Å². The van der Waals surface area contributed by atoms with Crippen LogP contribution in [0.15, 0.2) is 34.7 Å². The molecule has 32 heavy (non-hydrogen) atoms. The second-order valence-corrected chi connectivity index (χ2v) is 10.0. The number of carbonyl (C=O) groups is 2. The van der Waals surface area contributed by atoms with E-state index in [2.05, 4.69) is 10.2 Å². The Morgan fingerprint density at radius 2 is 1.81 bits per heavy atom. The Balaban J connectivity index is 1.34. The van der Waals surface area contributed by atoms with Gasteiger partial charge in [0.2, 0.25) is 27.7 Å². The van der Waals surface area contributed by atoms with Gasteiger partial charge in [-0.2, -0.15) is 0 Å². The molecule has 2 aliphatic rings. The lowest BCUT2D eigenvalue weighted by molar-refractivity contribution is -0.147. The Morgan fingerprint density at radius 3 is 2.56 bits per heavy atom. The Labute approximate surface area is 186 Å². The zero-order chi connectivity index (χ0) is 22.6. The molecule has 0 saturated carbocycles. The quantitative estimate of drug-likeness (QED) is 0.543. The van der Waals surface area contributed by atoms with E-state index in [0.29, 0.717) is 36.9 Å². The molecule has 172 valence electrons. The average molecular weight is 463 g/mol. The monoisotopic (exact) mass is 462 g/mol. The van der Waals surface area contributed by atoms with Crippen LogP contribution in [0, 0.1) is 0 Å². The Kier molecular flexibility index (Phi) is 6.85. The van der Waals surface area contributed by atoms with Gasteiger partial charge < -0.3 is 9.15 Å². The lowest BCUT2D eigenvalue weighted by Crippen LogP contribution is -2.46. The summed E-state index contributed by atoms with van der Waals surface area (Å²) in [7, 11) is -3.64. The molecule has 3 heterocycles. The average Bonchev–Trinajstić information content (AvgIpc) is 3.27. The number of piperidine rings is 2. The summed E-state index contributed by atoms with van der Waals surface area (Å²) in [5, 5.41) is 8.11. The number of para-hydroxylation sites is 1. The molecule has 2 saturated heterocycles. The molecule has 0 radical (unpaired) electrons. The topological polar surface area (TPSA) is 123 Å². The first-order valence-electron chi connectivity index (χ1n) is 10.7. The fourth-order valence-electron chi connectivity index (χ4n) is 3.93. The van der Waals surface area contributed by atoms with Crippen LogP contribution in [0.2, 0.25) is 0 Å². The van der Waals surface area contributed by atoms with E-state index in [9.17, 15) is 18.0 Å². The largest absolute Gasteiger partial charge is 0.484 e. The predicted octanol–water partition coefficient (Wildman–Crippen LogP) is 1.70. The normalized spacial score (nSPS) is 20.5. The molecule has 0 aliphatic carbocycles. The Morgan fingerprint density at radius 1 is 1.06 bits per heavy atom. The van der Waals surface area contributed by atoms with Crippen molar-refractivity contribution in [3.8, 4) is 5.75 Å². The number of likely N-dealkylation sites (tertiary alicyclic amines) is 1. The van der Waals surface area contributed by atoms with E-state index in [-0.39, 0.29) is 56.0 Å². The number of carbonyl (C=O) groups excluding carboxylic acids is 2. The minimum absolute atomic E-state index is 0.108. The smallest absolute Gasteiger partial charge is 0.253 e. The van der Waals surface area contributed by atoms with Crippen molar-refractivity contribution >= 4 is 21.8 Å². The summed E-state index contributed by atoms with van der Waals surface area (Å²) in [6.07, 6.45) is 2.48. The van der Waals surface area contributed by atoms with Gasteiger partial charge >= 0.3 is 0 Å². The second-order valence-electron chi connectivity index (χ2n) is 7.94. The predicted molar refractivity (Wildman–Crippen MR) is 113 cm³/mol. The number of aromatic nitrogens is 2. The molecule has 10 nitrogen and oxygen atoms in total. The number of hydrogen-bond donors (Lipinski definition) is 0. The highest BCUT2D eigenvalue weighted by molar-refractivity contribution is 7.89. The molecule has 2 amide bonds. The van der Waals surface area contributed by atoms with Crippen LogP contribution < -0.4 is 4.74 Å². The van der Waals surface area contributed by atoms with E-state index in [1.807, 2.05) is 30.3 Å². The SMILES string of the molecule is O=C1CCCC(=O)N1CCS(=O)(=O)N1CCCC(c2nnc(COc3ccccc3)o2)C1. The van der Waals surface area contributed by atoms with Gasteiger partial charge in [0.25, 0.3) is 5.89 Å². The maximum atomic E-state index is 12.9. The molecule has 0 N–H and O–H groups in total. The molecule has 1 aromatic heterocycles. The van der Waals surface area contributed by atoms with E-state index >= 15 is 0 Å². The van der Waals surface area contributed by atoms with Crippen molar-refractivity contribution in [2.75, 3.05) is 25.4 Å². The molecule has 2 aliphatic heterocycles. The Hall–Kier alpha value is -2.79. The molecule has 11 heteroatoms. The van der Waals surface area contributed by atoms with E-state index in [1.165, 1.54) is 4.31 Å². The van der Waals surface area contributed by atoms with Crippen LogP contribution >= 0.6 is 0 Å². The summed E-state index contributed by atoms with van der Waals surface area (Å²) in [5.41, 5.74) is 0. The van der Waals surface area contributed by atoms with Crippen molar-refractivity contribution in [3.63, 3.8) is 0 Å². The summed E-state index contributed by atoms with van der Waals surface area (Å²) in [6, 6.07) is 9.27. The number of nitrogens with zero attached hydrogens (tertiary/aromatic N) is 4. The minimum atomic E-state index is -3.64. The van der Waals surface area contributed by atoms with Gasteiger partial charge in [-0.05, 0) is 31.4 Å². The van der Waals surface area contributed by atoms with Gasteiger partial charge in [-0.15, -0.1) is 10.2 Å². The third-order valence-corrected chi connectivity index (χ3v) is 7.49.